The molecule has 0 fully saturated rings. The molecule has 0 bridgehead atoms. The van der Waals surface area contributed by atoms with Gasteiger partial charge in [-0.2, -0.15) is 26.3 Å². The number of aliphatic hydroxyl groups is 1. The number of hydrogen-bond donors (Lipinski definition) is 1. The lowest BCUT2D eigenvalue weighted by atomic mass is 9.91. The van der Waals surface area contributed by atoms with Crippen LogP contribution in [-0.4, -0.2) is 23.1 Å². The predicted octanol–water partition coefficient (Wildman–Crippen LogP) is 5.25. The first-order valence-electron chi connectivity index (χ1n) is 5.30. The summed E-state index contributed by atoms with van der Waals surface area (Å²) in [6.07, 6.45) is -11.3. The summed E-state index contributed by atoms with van der Waals surface area (Å²) in [6.45, 7) is 0.531. The van der Waals surface area contributed by atoms with E-state index in [2.05, 4.69) is 0 Å². The van der Waals surface area contributed by atoms with Gasteiger partial charge in [0, 0.05) is 0 Å². The molecule has 1 rings (SSSR count). The number of alkyl halides is 6. The van der Waals surface area contributed by atoms with Crippen molar-refractivity contribution < 1.29 is 31.4 Å². The molecular formula is C12H8Cl2F6O. The normalized spacial score (nSPS) is 14.5. The van der Waals surface area contributed by atoms with E-state index >= 15 is 0 Å². The van der Waals surface area contributed by atoms with Crippen LogP contribution in [0.2, 0.25) is 10.0 Å². The Morgan fingerprint density at radius 3 is 1.86 bits per heavy atom. The molecule has 0 unspecified atom stereocenters. The van der Waals surface area contributed by atoms with E-state index in [-0.39, 0.29) is 15.6 Å². The maximum atomic E-state index is 12.6. The summed E-state index contributed by atoms with van der Waals surface area (Å²) in [5.41, 5.74) is -6.33. The summed E-state index contributed by atoms with van der Waals surface area (Å²) in [6, 6.07) is 3.47. The second-order valence-electron chi connectivity index (χ2n) is 4.21. The van der Waals surface area contributed by atoms with E-state index in [1.54, 1.807) is 0 Å². The molecule has 0 saturated carbocycles. The third-order valence-corrected chi connectivity index (χ3v) is 3.46. The Bertz CT molecular complexity index is 548. The Labute approximate surface area is 125 Å². The molecule has 0 spiro atoms. The van der Waals surface area contributed by atoms with Gasteiger partial charge in [-0.3, -0.25) is 0 Å². The fraction of sp³-hybridized carbons (Fsp3) is 0.333. The molecule has 118 valence electrons. The van der Waals surface area contributed by atoms with Crippen LogP contribution in [0.5, 0.6) is 0 Å². The van der Waals surface area contributed by atoms with Crippen LogP contribution in [0, 0.1) is 0 Å². The van der Waals surface area contributed by atoms with E-state index in [4.69, 9.17) is 28.3 Å². The highest BCUT2D eigenvalue weighted by molar-refractivity contribution is 6.42. The van der Waals surface area contributed by atoms with Crippen LogP contribution in [0.15, 0.2) is 23.8 Å². The third kappa shape index (κ3) is 3.46. The van der Waals surface area contributed by atoms with Gasteiger partial charge in [0.05, 0.1) is 10.0 Å². The highest BCUT2D eigenvalue weighted by Crippen LogP contribution is 2.47. The van der Waals surface area contributed by atoms with E-state index in [1.165, 1.54) is 12.1 Å². The van der Waals surface area contributed by atoms with Gasteiger partial charge in [-0.05, 0) is 30.2 Å². The molecule has 0 aliphatic rings. The summed E-state index contributed by atoms with van der Waals surface area (Å²) in [4.78, 5) is 0. The lowest BCUT2D eigenvalue weighted by Gasteiger charge is -2.33. The summed E-state index contributed by atoms with van der Waals surface area (Å²) < 4.78 is 75.8. The van der Waals surface area contributed by atoms with Gasteiger partial charge >= 0.3 is 12.4 Å². The first-order valence-corrected chi connectivity index (χ1v) is 6.06. The van der Waals surface area contributed by atoms with Crippen LogP contribution in [0.3, 0.4) is 0 Å². The van der Waals surface area contributed by atoms with E-state index in [1.807, 2.05) is 0 Å². The Balaban J connectivity index is 3.39. The molecule has 9 heteroatoms. The molecular weight excluding hydrogens is 345 g/mol. The predicted molar refractivity (Wildman–Crippen MR) is 67.2 cm³/mol. The molecule has 0 aliphatic heterocycles. The quantitative estimate of drug-likeness (QED) is 0.720. The van der Waals surface area contributed by atoms with Gasteiger partial charge < -0.3 is 5.11 Å². The Kier molecular flexibility index (Phi) is 4.92. The number of benzene rings is 1. The minimum Gasteiger partial charge on any atom is -0.370 e. The van der Waals surface area contributed by atoms with Crippen molar-refractivity contribution in [2.45, 2.75) is 24.9 Å². The largest absolute Gasteiger partial charge is 0.430 e. The molecule has 0 atom stereocenters. The Morgan fingerprint density at radius 1 is 1.00 bits per heavy atom. The smallest absolute Gasteiger partial charge is 0.370 e. The van der Waals surface area contributed by atoms with Gasteiger partial charge in [0.15, 0.2) is 0 Å². The third-order valence-electron chi connectivity index (χ3n) is 2.72. The molecule has 1 aromatic carbocycles. The van der Waals surface area contributed by atoms with Crippen LogP contribution >= 0.6 is 23.2 Å². The summed E-state index contributed by atoms with van der Waals surface area (Å²) >= 11 is 11.2. The van der Waals surface area contributed by atoms with Crippen molar-refractivity contribution in [2.24, 2.45) is 0 Å². The van der Waals surface area contributed by atoms with Crippen LogP contribution < -0.4 is 0 Å². The minimum absolute atomic E-state index is 0.0410. The van der Waals surface area contributed by atoms with E-state index < -0.39 is 23.5 Å². The molecule has 0 aromatic heterocycles. The Morgan fingerprint density at radius 2 is 1.48 bits per heavy atom. The first kappa shape index (κ1) is 18.1. The lowest BCUT2D eigenvalue weighted by molar-refractivity contribution is -0.351. The molecule has 1 N–H and O–H groups in total. The van der Waals surface area contributed by atoms with Gasteiger partial charge in [-0.15, -0.1) is 0 Å². The second kappa shape index (κ2) is 5.70. The highest BCUT2D eigenvalue weighted by Gasteiger charge is 2.71. The average molecular weight is 353 g/mol. The fourth-order valence-corrected chi connectivity index (χ4v) is 1.87. The van der Waals surface area contributed by atoms with Gasteiger partial charge in [0.25, 0.3) is 5.60 Å². The number of halogens is 8. The molecule has 0 saturated heterocycles. The molecule has 0 amide bonds. The zero-order valence-electron chi connectivity index (χ0n) is 10.3. The van der Waals surface area contributed by atoms with Crippen LogP contribution in [0.1, 0.15) is 12.5 Å². The number of hydrogen-bond acceptors (Lipinski definition) is 1. The molecule has 0 aliphatic carbocycles. The molecule has 21 heavy (non-hydrogen) atoms. The van der Waals surface area contributed by atoms with Crippen molar-refractivity contribution in [3.8, 4) is 0 Å². The SMILES string of the molecule is C/C(=C\c1ccc(Cl)c(Cl)c1)C(O)(C(F)(F)F)C(F)(F)F. The van der Waals surface area contributed by atoms with Crippen molar-refractivity contribution in [3.63, 3.8) is 0 Å². The maximum Gasteiger partial charge on any atom is 0.430 e. The Hall–Kier alpha value is -0.920. The average Bonchev–Trinajstić information content (AvgIpc) is 2.29. The minimum atomic E-state index is -5.91. The lowest BCUT2D eigenvalue weighted by Crippen LogP contribution is -2.57. The van der Waals surface area contributed by atoms with E-state index in [9.17, 15) is 26.3 Å². The van der Waals surface area contributed by atoms with Crippen molar-refractivity contribution in [1.29, 1.82) is 0 Å². The first-order chi connectivity index (χ1) is 9.30. The van der Waals surface area contributed by atoms with Gasteiger partial charge in [-0.25, -0.2) is 0 Å². The van der Waals surface area contributed by atoms with E-state index in [0.29, 0.717) is 13.0 Å². The van der Waals surface area contributed by atoms with Crippen LogP contribution in [0.25, 0.3) is 6.08 Å². The van der Waals surface area contributed by atoms with Crippen molar-refractivity contribution in [1.82, 2.24) is 0 Å². The summed E-state index contributed by atoms with van der Waals surface area (Å²) in [5, 5.41) is 9.21. The molecule has 1 aromatic rings. The molecule has 1 nitrogen and oxygen atoms in total. The monoisotopic (exact) mass is 352 g/mol. The van der Waals surface area contributed by atoms with Gasteiger partial charge in [-0.1, -0.05) is 35.3 Å². The standard InChI is InChI=1S/C12H8Cl2F6O/c1-6(4-7-2-3-8(13)9(14)5-7)10(21,11(15,16)17)12(18,19)20/h2-5,21H,1H3/b6-4+. The van der Waals surface area contributed by atoms with Gasteiger partial charge in [0.2, 0.25) is 0 Å². The fourth-order valence-electron chi connectivity index (χ4n) is 1.56. The van der Waals surface area contributed by atoms with Crippen molar-refractivity contribution >= 4 is 29.3 Å². The maximum absolute atomic E-state index is 12.6. The zero-order valence-corrected chi connectivity index (χ0v) is 11.8. The molecule has 0 radical (unpaired) electrons. The highest BCUT2D eigenvalue weighted by atomic mass is 35.5. The zero-order chi connectivity index (χ0) is 16.6. The summed E-state index contributed by atoms with van der Waals surface area (Å²) in [7, 11) is 0. The van der Waals surface area contributed by atoms with Crippen LogP contribution in [-0.2, 0) is 0 Å². The second-order valence-corrected chi connectivity index (χ2v) is 5.02. The van der Waals surface area contributed by atoms with Crippen molar-refractivity contribution in [2.75, 3.05) is 0 Å². The molecule has 0 heterocycles. The van der Waals surface area contributed by atoms with Gasteiger partial charge in [0.1, 0.15) is 0 Å². The number of rotatable bonds is 2. The van der Waals surface area contributed by atoms with Crippen molar-refractivity contribution in [3.05, 3.63) is 39.4 Å². The van der Waals surface area contributed by atoms with E-state index in [0.717, 1.165) is 6.07 Å². The topological polar surface area (TPSA) is 20.2 Å². The summed E-state index contributed by atoms with van der Waals surface area (Å²) in [5.74, 6) is 0. The van der Waals surface area contributed by atoms with Crippen LogP contribution in [0.4, 0.5) is 26.3 Å².